The zero-order valence-electron chi connectivity index (χ0n) is 15.4. The van der Waals surface area contributed by atoms with Crippen molar-refractivity contribution in [3.05, 3.63) is 81.2 Å². The Hall–Kier alpha value is -3.94. The van der Waals surface area contributed by atoms with E-state index in [1.807, 2.05) is 0 Å². The Morgan fingerprint density at radius 3 is 2.79 bits per heavy atom. The highest BCUT2D eigenvalue weighted by molar-refractivity contribution is 5.78. The largest absolute Gasteiger partial charge is 0.482 e. The third-order valence-electron chi connectivity index (χ3n) is 4.28. The predicted molar refractivity (Wildman–Crippen MR) is 105 cm³/mol. The van der Waals surface area contributed by atoms with Gasteiger partial charge in [0.25, 0.3) is 5.56 Å². The van der Waals surface area contributed by atoms with Crippen LogP contribution in [-0.2, 0) is 9.53 Å². The molecule has 1 N–H and O–H groups in total. The molecule has 0 aliphatic rings. The van der Waals surface area contributed by atoms with Crippen LogP contribution in [0.3, 0.4) is 0 Å². The van der Waals surface area contributed by atoms with E-state index in [1.54, 1.807) is 49.4 Å². The summed E-state index contributed by atoms with van der Waals surface area (Å²) < 4.78 is 15.8. The average Bonchev–Trinajstić information content (AvgIpc) is 2.72. The summed E-state index contributed by atoms with van der Waals surface area (Å²) in [5, 5.41) is 1.19. The fourth-order valence-electron chi connectivity index (χ4n) is 2.86. The van der Waals surface area contributed by atoms with Crippen molar-refractivity contribution in [1.82, 2.24) is 9.97 Å². The molecule has 2 heterocycles. The zero-order chi connectivity index (χ0) is 20.4. The lowest BCUT2D eigenvalue weighted by molar-refractivity contribution is -0.151. The van der Waals surface area contributed by atoms with Gasteiger partial charge in [-0.1, -0.05) is 12.1 Å². The number of carbonyl (C=O) groups excluding carboxylic acids is 1. The SMILES string of the molecule is C[C@H](OC(=O)COc1ccc2ccc(=O)oc2c1)c1nc2ccccc2c(=O)[nH]1. The number of fused-ring (bicyclic) bond motifs is 2. The third-order valence-corrected chi connectivity index (χ3v) is 4.28. The normalized spacial score (nSPS) is 12.0. The minimum absolute atomic E-state index is 0.245. The van der Waals surface area contributed by atoms with E-state index in [-0.39, 0.29) is 18.0 Å². The summed E-state index contributed by atoms with van der Waals surface area (Å²) in [4.78, 5) is 42.5. The highest BCUT2D eigenvalue weighted by atomic mass is 16.6. The molecule has 0 radical (unpaired) electrons. The number of nitrogens with zero attached hydrogens (tertiary/aromatic N) is 1. The molecule has 0 amide bonds. The van der Waals surface area contributed by atoms with Gasteiger partial charge in [0, 0.05) is 17.5 Å². The van der Waals surface area contributed by atoms with Crippen LogP contribution < -0.4 is 15.9 Å². The van der Waals surface area contributed by atoms with Crippen molar-refractivity contribution in [2.75, 3.05) is 6.61 Å². The van der Waals surface area contributed by atoms with Gasteiger partial charge in [0.1, 0.15) is 11.3 Å². The average molecular weight is 392 g/mol. The number of hydrogen-bond acceptors (Lipinski definition) is 7. The molecule has 2 aromatic heterocycles. The van der Waals surface area contributed by atoms with Gasteiger partial charge in [-0.05, 0) is 37.3 Å². The summed E-state index contributed by atoms with van der Waals surface area (Å²) in [6.07, 6.45) is -0.766. The van der Waals surface area contributed by atoms with Crippen molar-refractivity contribution in [3.63, 3.8) is 0 Å². The Bertz CT molecular complexity index is 1320. The van der Waals surface area contributed by atoms with E-state index in [1.165, 1.54) is 12.1 Å². The minimum Gasteiger partial charge on any atom is -0.482 e. The Morgan fingerprint density at radius 1 is 1.14 bits per heavy atom. The molecule has 8 nitrogen and oxygen atoms in total. The van der Waals surface area contributed by atoms with Gasteiger partial charge < -0.3 is 18.9 Å². The van der Waals surface area contributed by atoms with Crippen molar-refractivity contribution in [3.8, 4) is 5.75 Å². The maximum Gasteiger partial charge on any atom is 0.344 e. The van der Waals surface area contributed by atoms with E-state index in [0.29, 0.717) is 22.2 Å². The second-order valence-corrected chi connectivity index (χ2v) is 6.34. The van der Waals surface area contributed by atoms with E-state index in [0.717, 1.165) is 5.39 Å². The molecule has 0 bridgehead atoms. The second kappa shape index (κ2) is 7.59. The smallest absolute Gasteiger partial charge is 0.344 e. The Balaban J connectivity index is 1.43. The number of H-pyrrole nitrogens is 1. The molecule has 1 atom stereocenters. The topological polar surface area (TPSA) is 111 Å². The number of ether oxygens (including phenoxy) is 2. The molecule has 0 saturated heterocycles. The third kappa shape index (κ3) is 4.01. The molecule has 0 saturated carbocycles. The Morgan fingerprint density at radius 2 is 1.93 bits per heavy atom. The number of esters is 1. The predicted octanol–water partition coefficient (Wildman–Crippen LogP) is 2.71. The van der Waals surface area contributed by atoms with Crippen LogP contribution >= 0.6 is 0 Å². The van der Waals surface area contributed by atoms with Crippen molar-refractivity contribution in [2.45, 2.75) is 13.0 Å². The zero-order valence-corrected chi connectivity index (χ0v) is 15.4. The van der Waals surface area contributed by atoms with Crippen LogP contribution in [0.25, 0.3) is 21.9 Å². The standard InChI is InChI=1S/C21H16N2O6/c1-12(20-22-16-5-3-2-4-15(16)21(26)23-20)28-19(25)11-27-14-8-6-13-7-9-18(24)29-17(13)10-14/h2-10,12H,11H2,1H3,(H,22,23,26)/t12-/m0/s1. The van der Waals surface area contributed by atoms with Crippen LogP contribution in [-0.4, -0.2) is 22.5 Å². The van der Waals surface area contributed by atoms with Gasteiger partial charge in [-0.15, -0.1) is 0 Å². The number of nitrogens with one attached hydrogen (secondary N) is 1. The van der Waals surface area contributed by atoms with Crippen LogP contribution in [0.15, 0.2) is 68.6 Å². The molecular weight excluding hydrogens is 376 g/mol. The molecule has 8 heteroatoms. The van der Waals surface area contributed by atoms with Gasteiger partial charge in [-0.2, -0.15) is 0 Å². The first kappa shape index (κ1) is 18.4. The quantitative estimate of drug-likeness (QED) is 0.410. The van der Waals surface area contributed by atoms with Crippen LogP contribution in [0.5, 0.6) is 5.75 Å². The fourth-order valence-corrected chi connectivity index (χ4v) is 2.86. The van der Waals surface area contributed by atoms with Gasteiger partial charge in [-0.25, -0.2) is 14.6 Å². The molecule has 0 unspecified atom stereocenters. The van der Waals surface area contributed by atoms with Crippen LogP contribution in [0.4, 0.5) is 0 Å². The number of hydrogen-bond donors (Lipinski definition) is 1. The molecule has 0 spiro atoms. The van der Waals surface area contributed by atoms with Crippen LogP contribution in [0.2, 0.25) is 0 Å². The number of aromatic amines is 1. The number of benzene rings is 2. The first-order chi connectivity index (χ1) is 14.0. The lowest BCUT2D eigenvalue weighted by Gasteiger charge is -2.13. The van der Waals surface area contributed by atoms with Crippen molar-refractivity contribution >= 4 is 27.8 Å². The maximum atomic E-state index is 12.1. The number of aromatic nitrogens is 2. The number of para-hydroxylation sites is 1. The first-order valence-corrected chi connectivity index (χ1v) is 8.85. The lowest BCUT2D eigenvalue weighted by Crippen LogP contribution is -2.20. The molecule has 0 aliphatic heterocycles. The lowest BCUT2D eigenvalue weighted by atomic mass is 10.2. The molecule has 0 aliphatic carbocycles. The van der Waals surface area contributed by atoms with E-state index in [4.69, 9.17) is 13.9 Å². The fraction of sp³-hybridized carbons (Fsp3) is 0.143. The maximum absolute atomic E-state index is 12.1. The molecule has 0 fully saturated rings. The summed E-state index contributed by atoms with van der Waals surface area (Å²) in [7, 11) is 0. The minimum atomic E-state index is -0.766. The van der Waals surface area contributed by atoms with Crippen molar-refractivity contribution in [2.24, 2.45) is 0 Å². The van der Waals surface area contributed by atoms with Gasteiger partial charge in [0.15, 0.2) is 18.5 Å². The van der Waals surface area contributed by atoms with Crippen molar-refractivity contribution < 1.29 is 18.7 Å². The summed E-state index contributed by atoms with van der Waals surface area (Å²) in [5.41, 5.74) is 0.0971. The van der Waals surface area contributed by atoms with E-state index >= 15 is 0 Å². The summed E-state index contributed by atoms with van der Waals surface area (Å²) in [6, 6.07) is 14.8. The van der Waals surface area contributed by atoms with E-state index in [2.05, 4.69) is 9.97 Å². The highest BCUT2D eigenvalue weighted by Gasteiger charge is 2.16. The van der Waals surface area contributed by atoms with Gasteiger partial charge >= 0.3 is 11.6 Å². The summed E-state index contributed by atoms with van der Waals surface area (Å²) in [6.45, 7) is 1.25. The number of rotatable bonds is 5. The second-order valence-electron chi connectivity index (χ2n) is 6.34. The molecule has 29 heavy (non-hydrogen) atoms. The molecule has 146 valence electrons. The van der Waals surface area contributed by atoms with Crippen molar-refractivity contribution in [1.29, 1.82) is 0 Å². The molecule has 4 aromatic rings. The van der Waals surface area contributed by atoms with Crippen LogP contribution in [0, 0.1) is 0 Å². The van der Waals surface area contributed by atoms with Gasteiger partial charge in [-0.3, -0.25) is 4.79 Å². The molecule has 4 rings (SSSR count). The van der Waals surface area contributed by atoms with Gasteiger partial charge in [0.05, 0.1) is 10.9 Å². The van der Waals surface area contributed by atoms with E-state index in [9.17, 15) is 14.4 Å². The van der Waals surface area contributed by atoms with Crippen LogP contribution in [0.1, 0.15) is 18.9 Å². The Labute approximate surface area is 163 Å². The molecular formula is C21H16N2O6. The summed E-state index contributed by atoms with van der Waals surface area (Å²) in [5.74, 6) is -0.0360. The monoisotopic (exact) mass is 392 g/mol. The molecule has 2 aromatic carbocycles. The highest BCUT2D eigenvalue weighted by Crippen LogP contribution is 2.20. The van der Waals surface area contributed by atoms with Gasteiger partial charge in [0.2, 0.25) is 0 Å². The summed E-state index contributed by atoms with van der Waals surface area (Å²) >= 11 is 0. The first-order valence-electron chi connectivity index (χ1n) is 8.85. The Kier molecular flexibility index (Phi) is 4.82. The number of carbonyl (C=O) groups is 1. The van der Waals surface area contributed by atoms with E-state index < -0.39 is 17.7 Å².